The van der Waals surface area contributed by atoms with Crippen molar-refractivity contribution in [3.63, 3.8) is 0 Å². The summed E-state index contributed by atoms with van der Waals surface area (Å²) in [6.45, 7) is 0.505. The number of benzene rings is 1. The van der Waals surface area contributed by atoms with Crippen LogP contribution in [-0.4, -0.2) is 43.3 Å². The molecular formula is C15H20BrNO5. The SMILES string of the molecule is COC(CNC(=O)CCCCOc1ccc(Br)cc1)C(=O)O. The number of ether oxygens (including phenoxy) is 2. The van der Waals surface area contributed by atoms with Crippen LogP contribution in [0, 0.1) is 0 Å². The Bertz CT molecular complexity index is 477. The highest BCUT2D eigenvalue weighted by Gasteiger charge is 2.16. The zero-order chi connectivity index (χ0) is 16.4. The number of carbonyl (C=O) groups is 2. The second-order valence-electron chi connectivity index (χ2n) is 4.63. The number of carboxylic acid groups (broad SMARTS) is 1. The van der Waals surface area contributed by atoms with Crippen LogP contribution in [0.25, 0.3) is 0 Å². The molecule has 1 aromatic rings. The van der Waals surface area contributed by atoms with Crippen molar-refractivity contribution in [2.24, 2.45) is 0 Å². The molecule has 1 unspecified atom stereocenters. The maximum atomic E-state index is 11.6. The second kappa shape index (κ2) is 10.2. The molecule has 0 fully saturated rings. The number of rotatable bonds is 10. The van der Waals surface area contributed by atoms with Crippen molar-refractivity contribution >= 4 is 27.8 Å². The molecule has 0 bridgehead atoms. The molecule has 0 radical (unpaired) electrons. The van der Waals surface area contributed by atoms with Crippen LogP contribution < -0.4 is 10.1 Å². The van der Waals surface area contributed by atoms with E-state index in [0.717, 1.165) is 16.6 Å². The lowest BCUT2D eigenvalue weighted by Crippen LogP contribution is -2.37. The summed E-state index contributed by atoms with van der Waals surface area (Å²) >= 11 is 3.35. The first kappa shape index (κ1) is 18.4. The van der Waals surface area contributed by atoms with E-state index in [1.807, 2.05) is 24.3 Å². The maximum Gasteiger partial charge on any atom is 0.334 e. The van der Waals surface area contributed by atoms with Gasteiger partial charge in [0.1, 0.15) is 5.75 Å². The fourth-order valence-corrected chi connectivity index (χ4v) is 1.94. The molecule has 1 atom stereocenters. The molecule has 1 aromatic carbocycles. The number of nitrogens with one attached hydrogen (secondary N) is 1. The smallest absolute Gasteiger partial charge is 0.334 e. The van der Waals surface area contributed by atoms with Gasteiger partial charge in [-0.1, -0.05) is 15.9 Å². The van der Waals surface area contributed by atoms with Crippen molar-refractivity contribution in [2.75, 3.05) is 20.3 Å². The Morgan fingerprint density at radius 1 is 1.27 bits per heavy atom. The first-order chi connectivity index (χ1) is 10.5. The lowest BCUT2D eigenvalue weighted by molar-refractivity contribution is -0.148. The lowest BCUT2D eigenvalue weighted by Gasteiger charge is -2.11. The standard InChI is InChI=1S/C15H20BrNO5/c1-21-13(15(19)20)10-17-14(18)4-2-3-9-22-12-7-5-11(16)6-8-12/h5-8,13H,2-4,9-10H2,1H3,(H,17,18)(H,19,20). The molecule has 0 aliphatic carbocycles. The molecule has 0 saturated heterocycles. The highest BCUT2D eigenvalue weighted by Crippen LogP contribution is 2.16. The van der Waals surface area contributed by atoms with E-state index in [1.54, 1.807) is 0 Å². The molecule has 0 heterocycles. The summed E-state index contributed by atoms with van der Waals surface area (Å²) in [5.74, 6) is -0.491. The van der Waals surface area contributed by atoms with Crippen LogP contribution in [0.15, 0.2) is 28.7 Å². The fraction of sp³-hybridized carbons (Fsp3) is 0.467. The van der Waals surface area contributed by atoms with Gasteiger partial charge in [0.05, 0.1) is 13.2 Å². The van der Waals surface area contributed by atoms with Crippen molar-refractivity contribution in [3.05, 3.63) is 28.7 Å². The highest BCUT2D eigenvalue weighted by atomic mass is 79.9. The van der Waals surface area contributed by atoms with E-state index in [2.05, 4.69) is 21.2 Å². The average Bonchev–Trinajstić information content (AvgIpc) is 2.49. The number of methoxy groups -OCH3 is 1. The maximum absolute atomic E-state index is 11.6. The number of hydrogen-bond donors (Lipinski definition) is 2. The highest BCUT2D eigenvalue weighted by molar-refractivity contribution is 9.10. The van der Waals surface area contributed by atoms with Gasteiger partial charge in [-0.3, -0.25) is 4.79 Å². The minimum atomic E-state index is -1.09. The Balaban J connectivity index is 2.10. The Morgan fingerprint density at radius 2 is 1.95 bits per heavy atom. The van der Waals surface area contributed by atoms with Crippen molar-refractivity contribution in [1.29, 1.82) is 0 Å². The zero-order valence-corrected chi connectivity index (χ0v) is 14.0. The van der Waals surface area contributed by atoms with Gasteiger partial charge in [-0.15, -0.1) is 0 Å². The summed E-state index contributed by atoms with van der Waals surface area (Å²) in [4.78, 5) is 22.3. The monoisotopic (exact) mass is 373 g/mol. The molecule has 1 amide bonds. The molecule has 6 nitrogen and oxygen atoms in total. The van der Waals surface area contributed by atoms with Gasteiger partial charge in [0.2, 0.25) is 5.91 Å². The normalized spacial score (nSPS) is 11.7. The van der Waals surface area contributed by atoms with E-state index in [1.165, 1.54) is 7.11 Å². The van der Waals surface area contributed by atoms with Gasteiger partial charge in [0, 0.05) is 18.0 Å². The van der Waals surface area contributed by atoms with Gasteiger partial charge in [-0.2, -0.15) is 0 Å². The number of carboxylic acids is 1. The third kappa shape index (κ3) is 7.42. The van der Waals surface area contributed by atoms with Gasteiger partial charge in [0.25, 0.3) is 0 Å². The van der Waals surface area contributed by atoms with Gasteiger partial charge in [-0.25, -0.2) is 4.79 Å². The number of hydrogen-bond acceptors (Lipinski definition) is 4. The number of halogens is 1. The van der Waals surface area contributed by atoms with Gasteiger partial charge in [0.15, 0.2) is 6.10 Å². The Labute approximate surface area is 137 Å². The summed E-state index contributed by atoms with van der Waals surface area (Å²) in [5, 5.41) is 11.3. The second-order valence-corrected chi connectivity index (χ2v) is 5.54. The molecule has 122 valence electrons. The summed E-state index contributed by atoms with van der Waals surface area (Å²) in [7, 11) is 1.30. The predicted octanol–water partition coefficient (Wildman–Crippen LogP) is 2.21. The Morgan fingerprint density at radius 3 is 2.55 bits per heavy atom. The van der Waals surface area contributed by atoms with Crippen LogP contribution in [0.3, 0.4) is 0 Å². The van der Waals surface area contributed by atoms with Crippen LogP contribution >= 0.6 is 15.9 Å². The van der Waals surface area contributed by atoms with E-state index >= 15 is 0 Å². The molecule has 1 rings (SSSR count). The topological polar surface area (TPSA) is 84.9 Å². The largest absolute Gasteiger partial charge is 0.494 e. The van der Waals surface area contributed by atoms with E-state index in [0.29, 0.717) is 19.4 Å². The summed E-state index contributed by atoms with van der Waals surface area (Å²) < 4.78 is 11.3. The third-order valence-corrected chi connectivity index (χ3v) is 3.45. The Kier molecular flexibility index (Phi) is 8.54. The van der Waals surface area contributed by atoms with Crippen LogP contribution in [0.4, 0.5) is 0 Å². The van der Waals surface area contributed by atoms with Crippen molar-refractivity contribution in [3.8, 4) is 5.75 Å². The molecule has 7 heteroatoms. The predicted molar refractivity (Wildman–Crippen MR) is 84.9 cm³/mol. The molecular weight excluding hydrogens is 354 g/mol. The molecule has 22 heavy (non-hydrogen) atoms. The van der Waals surface area contributed by atoms with Crippen molar-refractivity contribution in [2.45, 2.75) is 25.4 Å². The molecule has 0 aliphatic heterocycles. The van der Waals surface area contributed by atoms with Gasteiger partial charge in [-0.05, 0) is 37.1 Å². The van der Waals surface area contributed by atoms with Crippen LogP contribution in [0.2, 0.25) is 0 Å². The lowest BCUT2D eigenvalue weighted by atomic mass is 10.2. The number of unbranched alkanes of at least 4 members (excludes halogenated alkanes) is 1. The first-order valence-electron chi connectivity index (χ1n) is 6.93. The van der Waals surface area contributed by atoms with Crippen LogP contribution in [0.1, 0.15) is 19.3 Å². The van der Waals surface area contributed by atoms with E-state index in [-0.39, 0.29) is 12.5 Å². The Hall–Kier alpha value is -1.60. The van der Waals surface area contributed by atoms with Crippen LogP contribution in [0.5, 0.6) is 5.75 Å². The minimum Gasteiger partial charge on any atom is -0.494 e. The van der Waals surface area contributed by atoms with Gasteiger partial charge >= 0.3 is 5.97 Å². The van der Waals surface area contributed by atoms with Crippen molar-refractivity contribution < 1.29 is 24.2 Å². The summed E-state index contributed by atoms with van der Waals surface area (Å²) in [5.41, 5.74) is 0. The fourth-order valence-electron chi connectivity index (χ4n) is 1.67. The molecule has 0 aromatic heterocycles. The van der Waals surface area contributed by atoms with E-state index < -0.39 is 12.1 Å². The molecule has 0 saturated carbocycles. The number of aliphatic carboxylic acids is 1. The van der Waals surface area contributed by atoms with Crippen molar-refractivity contribution in [1.82, 2.24) is 5.32 Å². The molecule has 0 aliphatic rings. The number of carbonyl (C=O) groups excluding carboxylic acids is 1. The van der Waals surface area contributed by atoms with E-state index in [4.69, 9.17) is 14.6 Å². The zero-order valence-electron chi connectivity index (χ0n) is 12.4. The number of amides is 1. The third-order valence-electron chi connectivity index (χ3n) is 2.93. The summed E-state index contributed by atoms with van der Waals surface area (Å²) in [6, 6.07) is 7.54. The summed E-state index contributed by atoms with van der Waals surface area (Å²) in [6.07, 6.45) is 0.743. The molecule has 0 spiro atoms. The minimum absolute atomic E-state index is 0.0277. The van der Waals surface area contributed by atoms with Gasteiger partial charge < -0.3 is 19.9 Å². The first-order valence-corrected chi connectivity index (χ1v) is 7.73. The van der Waals surface area contributed by atoms with Crippen LogP contribution in [-0.2, 0) is 14.3 Å². The average molecular weight is 374 g/mol. The van der Waals surface area contributed by atoms with E-state index in [9.17, 15) is 9.59 Å². The molecule has 2 N–H and O–H groups in total. The quantitative estimate of drug-likeness (QED) is 0.614.